The third-order valence-electron chi connectivity index (χ3n) is 2.99. The van der Waals surface area contributed by atoms with Gasteiger partial charge in [-0.2, -0.15) is 0 Å². The van der Waals surface area contributed by atoms with E-state index in [0.29, 0.717) is 0 Å². The molecule has 0 nitrogen and oxygen atoms in total. The SMILES string of the molecule is CCCCCCCCCCCSc1cccs1. The Morgan fingerprint density at radius 1 is 0.941 bits per heavy atom. The highest BCUT2D eigenvalue weighted by atomic mass is 32.2. The van der Waals surface area contributed by atoms with Crippen LogP contribution in [0.4, 0.5) is 0 Å². The molecule has 0 N–H and O–H groups in total. The minimum Gasteiger partial charge on any atom is -0.137 e. The van der Waals surface area contributed by atoms with Gasteiger partial charge in [-0.15, -0.1) is 23.1 Å². The van der Waals surface area contributed by atoms with Crippen molar-refractivity contribution in [1.82, 2.24) is 0 Å². The lowest BCUT2D eigenvalue weighted by molar-refractivity contribution is 0.573. The Labute approximate surface area is 115 Å². The first kappa shape index (κ1) is 15.1. The summed E-state index contributed by atoms with van der Waals surface area (Å²) < 4.78 is 1.48. The molecule has 1 aromatic heterocycles. The first-order valence-electron chi connectivity index (χ1n) is 7.10. The highest BCUT2D eigenvalue weighted by molar-refractivity contribution is 8.01. The second-order valence-corrected chi connectivity index (χ2v) is 6.95. The summed E-state index contributed by atoms with van der Waals surface area (Å²) in [6.45, 7) is 2.28. The van der Waals surface area contributed by atoms with Crippen LogP contribution in [0.3, 0.4) is 0 Å². The van der Waals surface area contributed by atoms with Crippen LogP contribution in [-0.2, 0) is 0 Å². The Kier molecular flexibility index (Phi) is 9.92. The highest BCUT2D eigenvalue weighted by Gasteiger charge is 1.95. The van der Waals surface area contributed by atoms with Gasteiger partial charge in [-0.1, -0.05) is 64.4 Å². The van der Waals surface area contributed by atoms with Gasteiger partial charge in [0.05, 0.1) is 4.21 Å². The molecule has 1 heterocycles. The lowest BCUT2D eigenvalue weighted by Crippen LogP contribution is -1.83. The summed E-state index contributed by atoms with van der Waals surface area (Å²) in [5, 5.41) is 2.17. The number of hydrogen-bond donors (Lipinski definition) is 0. The molecule has 2 heteroatoms. The van der Waals surface area contributed by atoms with Gasteiger partial charge in [-0.05, 0) is 23.6 Å². The van der Waals surface area contributed by atoms with Crippen molar-refractivity contribution in [1.29, 1.82) is 0 Å². The van der Waals surface area contributed by atoms with Crippen LogP contribution in [0.1, 0.15) is 64.7 Å². The normalized spacial score (nSPS) is 10.9. The van der Waals surface area contributed by atoms with Gasteiger partial charge in [-0.25, -0.2) is 0 Å². The van der Waals surface area contributed by atoms with Crippen molar-refractivity contribution < 1.29 is 0 Å². The average molecular weight is 271 g/mol. The van der Waals surface area contributed by atoms with Crippen LogP contribution in [0.25, 0.3) is 0 Å². The van der Waals surface area contributed by atoms with Gasteiger partial charge in [0.2, 0.25) is 0 Å². The molecule has 98 valence electrons. The molecule has 0 spiro atoms. The molecule has 1 rings (SSSR count). The molecule has 0 unspecified atom stereocenters. The maximum Gasteiger partial charge on any atom is 0.0598 e. The maximum absolute atomic E-state index is 2.28. The fraction of sp³-hybridized carbons (Fsp3) is 0.733. The van der Waals surface area contributed by atoms with E-state index in [1.54, 1.807) is 0 Å². The van der Waals surface area contributed by atoms with E-state index in [9.17, 15) is 0 Å². The third kappa shape index (κ3) is 8.73. The Morgan fingerprint density at radius 2 is 1.59 bits per heavy atom. The summed E-state index contributed by atoms with van der Waals surface area (Å²) in [6, 6.07) is 4.37. The lowest BCUT2D eigenvalue weighted by atomic mass is 10.1. The van der Waals surface area contributed by atoms with Gasteiger partial charge in [0.15, 0.2) is 0 Å². The molecule has 0 saturated heterocycles. The maximum atomic E-state index is 2.28. The molecule has 0 bridgehead atoms. The summed E-state index contributed by atoms with van der Waals surface area (Å²) in [7, 11) is 0. The Balaban J connectivity index is 1.76. The minimum absolute atomic E-state index is 1.30. The zero-order valence-electron chi connectivity index (χ0n) is 11.1. The number of thiophene rings is 1. The molecule has 0 fully saturated rings. The molecular weight excluding hydrogens is 244 g/mol. The first-order chi connectivity index (χ1) is 8.43. The topological polar surface area (TPSA) is 0 Å². The Morgan fingerprint density at radius 3 is 2.18 bits per heavy atom. The number of rotatable bonds is 11. The molecule has 1 aromatic rings. The van der Waals surface area contributed by atoms with E-state index in [2.05, 4.69) is 24.4 Å². The van der Waals surface area contributed by atoms with Crippen LogP contribution in [0, 0.1) is 0 Å². The van der Waals surface area contributed by atoms with Crippen LogP contribution in [0.2, 0.25) is 0 Å². The Hall–Kier alpha value is 0.0500. The van der Waals surface area contributed by atoms with Crippen LogP contribution in [0.5, 0.6) is 0 Å². The van der Waals surface area contributed by atoms with E-state index in [4.69, 9.17) is 0 Å². The van der Waals surface area contributed by atoms with Crippen LogP contribution in [-0.4, -0.2) is 5.75 Å². The molecule has 0 atom stereocenters. The Bertz CT molecular complexity index is 241. The highest BCUT2D eigenvalue weighted by Crippen LogP contribution is 2.24. The average Bonchev–Trinajstić information content (AvgIpc) is 2.85. The molecule has 17 heavy (non-hydrogen) atoms. The third-order valence-corrected chi connectivity index (χ3v) is 5.20. The summed E-state index contributed by atoms with van der Waals surface area (Å²) in [4.78, 5) is 0. The number of hydrogen-bond acceptors (Lipinski definition) is 2. The predicted octanol–water partition coefficient (Wildman–Crippen LogP) is 6.37. The molecule has 0 aromatic carbocycles. The quantitative estimate of drug-likeness (QED) is 0.332. The van der Waals surface area contributed by atoms with E-state index >= 15 is 0 Å². The van der Waals surface area contributed by atoms with E-state index in [1.165, 1.54) is 67.7 Å². The van der Waals surface area contributed by atoms with Crippen molar-refractivity contribution in [2.45, 2.75) is 68.9 Å². The van der Waals surface area contributed by atoms with Crippen molar-refractivity contribution in [3.8, 4) is 0 Å². The second-order valence-electron chi connectivity index (χ2n) is 4.61. The van der Waals surface area contributed by atoms with Gasteiger partial charge in [0, 0.05) is 0 Å². The molecule has 0 radical (unpaired) electrons. The molecule has 0 saturated carbocycles. The van der Waals surface area contributed by atoms with E-state index in [-0.39, 0.29) is 0 Å². The fourth-order valence-electron chi connectivity index (χ4n) is 1.93. The van der Waals surface area contributed by atoms with Crippen LogP contribution in [0.15, 0.2) is 21.7 Å². The first-order valence-corrected chi connectivity index (χ1v) is 8.96. The van der Waals surface area contributed by atoms with Crippen molar-refractivity contribution >= 4 is 23.1 Å². The smallest absolute Gasteiger partial charge is 0.0598 e. The van der Waals surface area contributed by atoms with Crippen molar-refractivity contribution in [2.24, 2.45) is 0 Å². The fourth-order valence-corrected chi connectivity index (χ4v) is 3.79. The van der Waals surface area contributed by atoms with E-state index in [1.807, 2.05) is 23.1 Å². The second kappa shape index (κ2) is 11.2. The number of unbranched alkanes of at least 4 members (excludes halogenated alkanes) is 8. The number of thioether (sulfide) groups is 1. The van der Waals surface area contributed by atoms with Gasteiger partial charge in [0.25, 0.3) is 0 Å². The summed E-state index contributed by atoms with van der Waals surface area (Å²) in [5.41, 5.74) is 0. The summed E-state index contributed by atoms with van der Waals surface area (Å²) >= 11 is 3.89. The summed E-state index contributed by atoms with van der Waals surface area (Å²) in [6.07, 6.45) is 12.9. The largest absolute Gasteiger partial charge is 0.137 e. The zero-order valence-corrected chi connectivity index (χ0v) is 12.8. The monoisotopic (exact) mass is 270 g/mol. The van der Waals surface area contributed by atoms with E-state index in [0.717, 1.165) is 0 Å². The van der Waals surface area contributed by atoms with Gasteiger partial charge in [-0.3, -0.25) is 0 Å². The van der Waals surface area contributed by atoms with Gasteiger partial charge in [0.1, 0.15) is 0 Å². The van der Waals surface area contributed by atoms with Crippen molar-refractivity contribution in [3.05, 3.63) is 17.5 Å². The minimum atomic E-state index is 1.30. The van der Waals surface area contributed by atoms with Crippen molar-refractivity contribution in [3.63, 3.8) is 0 Å². The van der Waals surface area contributed by atoms with Gasteiger partial charge >= 0.3 is 0 Å². The molecule has 0 aliphatic rings. The molecule has 0 aliphatic carbocycles. The zero-order chi connectivity index (χ0) is 12.2. The van der Waals surface area contributed by atoms with Gasteiger partial charge < -0.3 is 0 Å². The molecule has 0 amide bonds. The molecule has 0 aliphatic heterocycles. The van der Waals surface area contributed by atoms with Crippen LogP contribution >= 0.6 is 23.1 Å². The van der Waals surface area contributed by atoms with Crippen LogP contribution < -0.4 is 0 Å². The molecular formula is C15H26S2. The predicted molar refractivity (Wildman–Crippen MR) is 82.3 cm³/mol. The lowest BCUT2D eigenvalue weighted by Gasteiger charge is -2.01. The standard InChI is InChI=1S/C15H26S2/c1-2-3-4-5-6-7-8-9-10-13-16-15-12-11-14-17-15/h11-12,14H,2-10,13H2,1H3. The van der Waals surface area contributed by atoms with E-state index < -0.39 is 0 Å². The van der Waals surface area contributed by atoms with Crippen molar-refractivity contribution in [2.75, 3.05) is 5.75 Å². The summed E-state index contributed by atoms with van der Waals surface area (Å²) in [5.74, 6) is 1.30.